The highest BCUT2D eigenvalue weighted by atomic mass is 15.2. The fourth-order valence-corrected chi connectivity index (χ4v) is 1.96. The first-order chi connectivity index (χ1) is 8.24. The zero-order valence-corrected chi connectivity index (χ0v) is 10.4. The van der Waals surface area contributed by atoms with Crippen molar-refractivity contribution in [2.45, 2.75) is 0 Å². The average Bonchev–Trinajstić information content (AvgIpc) is 2.32. The molecule has 0 saturated carbocycles. The Morgan fingerprint density at radius 3 is 2.76 bits per heavy atom. The van der Waals surface area contributed by atoms with Crippen LogP contribution in [0.2, 0.25) is 0 Å². The van der Waals surface area contributed by atoms with Gasteiger partial charge in [-0.25, -0.2) is 4.98 Å². The van der Waals surface area contributed by atoms with Gasteiger partial charge in [0.05, 0.1) is 0 Å². The van der Waals surface area contributed by atoms with E-state index in [1.807, 2.05) is 12.1 Å². The van der Waals surface area contributed by atoms with Crippen LogP contribution in [-0.2, 0) is 0 Å². The Balaban J connectivity index is 1.69. The Morgan fingerprint density at radius 1 is 1.29 bits per heavy atom. The first-order valence-corrected chi connectivity index (χ1v) is 6.11. The van der Waals surface area contributed by atoms with Crippen molar-refractivity contribution in [3.63, 3.8) is 0 Å². The monoisotopic (exact) mass is 235 g/mol. The van der Waals surface area contributed by atoms with E-state index in [-0.39, 0.29) is 0 Å². The summed E-state index contributed by atoms with van der Waals surface area (Å²) < 4.78 is 0. The third-order valence-electron chi connectivity index (χ3n) is 3.10. The van der Waals surface area contributed by atoms with E-state index < -0.39 is 0 Å². The Kier molecular flexibility index (Phi) is 4.17. The molecule has 2 heterocycles. The lowest BCUT2D eigenvalue weighted by Gasteiger charge is -2.32. The molecule has 0 atom stereocenters. The summed E-state index contributed by atoms with van der Waals surface area (Å²) >= 11 is 0. The van der Waals surface area contributed by atoms with Crippen LogP contribution in [0.3, 0.4) is 0 Å². The van der Waals surface area contributed by atoms with Crippen molar-refractivity contribution in [3.8, 4) is 0 Å². The number of likely N-dealkylation sites (N-methyl/N-ethyl adjacent to an activating group) is 1. The van der Waals surface area contributed by atoms with Crippen LogP contribution in [0.25, 0.3) is 0 Å². The van der Waals surface area contributed by atoms with Gasteiger partial charge >= 0.3 is 0 Å². The van der Waals surface area contributed by atoms with Gasteiger partial charge in [-0.2, -0.15) is 0 Å². The SMILES string of the molecule is CN1CCN(CCNc2cccc(N)n2)CC1. The second-order valence-corrected chi connectivity index (χ2v) is 4.52. The number of pyridine rings is 1. The Hall–Kier alpha value is -1.33. The summed E-state index contributed by atoms with van der Waals surface area (Å²) in [4.78, 5) is 9.04. The van der Waals surface area contributed by atoms with Gasteiger partial charge in [-0.15, -0.1) is 0 Å². The Morgan fingerprint density at radius 2 is 2.06 bits per heavy atom. The van der Waals surface area contributed by atoms with Gasteiger partial charge < -0.3 is 16.0 Å². The maximum atomic E-state index is 5.62. The minimum atomic E-state index is 0.564. The van der Waals surface area contributed by atoms with Crippen molar-refractivity contribution < 1.29 is 0 Å². The minimum absolute atomic E-state index is 0.564. The van der Waals surface area contributed by atoms with Gasteiger partial charge in [0, 0.05) is 39.3 Å². The molecular weight excluding hydrogens is 214 g/mol. The van der Waals surface area contributed by atoms with Crippen LogP contribution in [-0.4, -0.2) is 61.1 Å². The van der Waals surface area contributed by atoms with Gasteiger partial charge in [0.15, 0.2) is 0 Å². The number of rotatable bonds is 4. The summed E-state index contributed by atoms with van der Waals surface area (Å²) in [5, 5.41) is 3.30. The fraction of sp³-hybridized carbons (Fsp3) is 0.583. The molecule has 1 fully saturated rings. The number of piperazine rings is 1. The van der Waals surface area contributed by atoms with Crippen molar-refractivity contribution >= 4 is 11.6 Å². The molecule has 0 amide bonds. The fourth-order valence-electron chi connectivity index (χ4n) is 1.96. The smallest absolute Gasteiger partial charge is 0.128 e. The van der Waals surface area contributed by atoms with Crippen molar-refractivity contribution in [3.05, 3.63) is 18.2 Å². The average molecular weight is 235 g/mol. The topological polar surface area (TPSA) is 57.4 Å². The van der Waals surface area contributed by atoms with E-state index in [0.29, 0.717) is 5.82 Å². The lowest BCUT2D eigenvalue weighted by Crippen LogP contribution is -2.45. The summed E-state index contributed by atoms with van der Waals surface area (Å²) in [5.74, 6) is 1.42. The van der Waals surface area contributed by atoms with Gasteiger partial charge in [0.25, 0.3) is 0 Å². The zero-order chi connectivity index (χ0) is 12.1. The number of hydrogen-bond donors (Lipinski definition) is 2. The van der Waals surface area contributed by atoms with Crippen LogP contribution < -0.4 is 11.1 Å². The van der Waals surface area contributed by atoms with Crippen molar-refractivity contribution in [2.75, 3.05) is 57.4 Å². The molecule has 0 spiro atoms. The van der Waals surface area contributed by atoms with Crippen molar-refractivity contribution in [1.82, 2.24) is 14.8 Å². The van der Waals surface area contributed by atoms with Crippen LogP contribution in [0, 0.1) is 0 Å². The molecule has 3 N–H and O–H groups in total. The number of aromatic nitrogens is 1. The highest BCUT2D eigenvalue weighted by Crippen LogP contribution is 2.05. The number of nitrogen functional groups attached to an aromatic ring is 1. The number of nitrogens with two attached hydrogens (primary N) is 1. The molecule has 1 aromatic heterocycles. The molecule has 1 aliphatic heterocycles. The predicted molar refractivity (Wildman–Crippen MR) is 71.1 cm³/mol. The molecule has 1 aliphatic rings. The molecule has 1 saturated heterocycles. The number of hydrogen-bond acceptors (Lipinski definition) is 5. The summed E-state index contributed by atoms with van der Waals surface area (Å²) in [6.45, 7) is 6.61. The molecule has 2 rings (SSSR count). The third-order valence-corrected chi connectivity index (χ3v) is 3.10. The molecule has 17 heavy (non-hydrogen) atoms. The first-order valence-electron chi connectivity index (χ1n) is 6.11. The predicted octanol–water partition coefficient (Wildman–Crippen LogP) is 0.323. The third kappa shape index (κ3) is 3.87. The number of anilines is 2. The first kappa shape index (κ1) is 12.1. The number of nitrogens with one attached hydrogen (secondary N) is 1. The maximum absolute atomic E-state index is 5.62. The summed E-state index contributed by atoms with van der Waals surface area (Å²) in [5.41, 5.74) is 5.62. The highest BCUT2D eigenvalue weighted by molar-refractivity contribution is 5.42. The standard InChI is InChI=1S/C12H21N5/c1-16-7-9-17(10-8-16)6-5-14-12-4-2-3-11(13)15-12/h2-4H,5-10H2,1H3,(H3,13,14,15). The molecular formula is C12H21N5. The second kappa shape index (κ2) is 5.84. The quantitative estimate of drug-likeness (QED) is 0.787. The summed E-state index contributed by atoms with van der Waals surface area (Å²) in [7, 11) is 2.17. The zero-order valence-electron chi connectivity index (χ0n) is 10.4. The van der Waals surface area contributed by atoms with Crippen LogP contribution in [0.1, 0.15) is 0 Å². The van der Waals surface area contributed by atoms with Gasteiger partial charge in [-0.05, 0) is 19.2 Å². The van der Waals surface area contributed by atoms with E-state index in [4.69, 9.17) is 5.73 Å². The van der Waals surface area contributed by atoms with Crippen LogP contribution in [0.4, 0.5) is 11.6 Å². The van der Waals surface area contributed by atoms with E-state index in [1.165, 1.54) is 0 Å². The van der Waals surface area contributed by atoms with E-state index in [2.05, 4.69) is 27.1 Å². The van der Waals surface area contributed by atoms with Crippen molar-refractivity contribution in [1.29, 1.82) is 0 Å². The molecule has 0 bridgehead atoms. The van der Waals surface area contributed by atoms with Crippen LogP contribution in [0.15, 0.2) is 18.2 Å². The number of nitrogens with zero attached hydrogens (tertiary/aromatic N) is 3. The normalized spacial score (nSPS) is 18.2. The Labute approximate surface area is 103 Å². The summed E-state index contributed by atoms with van der Waals surface area (Å²) in [6, 6.07) is 5.66. The molecule has 0 radical (unpaired) electrons. The lowest BCUT2D eigenvalue weighted by atomic mass is 10.3. The second-order valence-electron chi connectivity index (χ2n) is 4.52. The van der Waals surface area contributed by atoms with E-state index in [0.717, 1.165) is 45.1 Å². The molecule has 1 aromatic rings. The van der Waals surface area contributed by atoms with Crippen molar-refractivity contribution in [2.24, 2.45) is 0 Å². The van der Waals surface area contributed by atoms with Gasteiger partial charge in [-0.3, -0.25) is 4.90 Å². The van der Waals surface area contributed by atoms with E-state index >= 15 is 0 Å². The largest absolute Gasteiger partial charge is 0.384 e. The van der Waals surface area contributed by atoms with Crippen LogP contribution >= 0.6 is 0 Å². The summed E-state index contributed by atoms with van der Waals surface area (Å²) in [6.07, 6.45) is 0. The van der Waals surface area contributed by atoms with E-state index in [9.17, 15) is 0 Å². The highest BCUT2D eigenvalue weighted by Gasteiger charge is 2.12. The Bertz CT molecular complexity index is 347. The molecule has 5 heteroatoms. The maximum Gasteiger partial charge on any atom is 0.128 e. The molecule has 0 unspecified atom stereocenters. The molecule has 5 nitrogen and oxygen atoms in total. The minimum Gasteiger partial charge on any atom is -0.384 e. The van der Waals surface area contributed by atoms with Gasteiger partial charge in [0.1, 0.15) is 11.6 Å². The van der Waals surface area contributed by atoms with E-state index in [1.54, 1.807) is 6.07 Å². The van der Waals surface area contributed by atoms with Gasteiger partial charge in [-0.1, -0.05) is 6.07 Å². The molecule has 94 valence electrons. The van der Waals surface area contributed by atoms with Gasteiger partial charge in [0.2, 0.25) is 0 Å². The molecule has 0 aromatic carbocycles. The molecule has 0 aliphatic carbocycles. The lowest BCUT2D eigenvalue weighted by molar-refractivity contribution is 0.158. The van der Waals surface area contributed by atoms with Crippen LogP contribution in [0.5, 0.6) is 0 Å².